The van der Waals surface area contributed by atoms with E-state index in [0.29, 0.717) is 28.8 Å². The van der Waals surface area contributed by atoms with Crippen LogP contribution in [-0.4, -0.2) is 33.0 Å². The number of rotatable bonds is 5. The molecule has 19 heavy (non-hydrogen) atoms. The highest BCUT2D eigenvalue weighted by atomic mass is 32.2. The molecule has 4 heteroatoms. The van der Waals surface area contributed by atoms with Gasteiger partial charge in [0.05, 0.1) is 11.5 Å². The molecule has 1 aliphatic heterocycles. The summed E-state index contributed by atoms with van der Waals surface area (Å²) in [5.41, 5.74) is 0.298. The van der Waals surface area contributed by atoms with Crippen molar-refractivity contribution in [2.24, 2.45) is 29.1 Å². The van der Waals surface area contributed by atoms with Gasteiger partial charge in [0.25, 0.3) is 0 Å². The topological polar surface area (TPSA) is 46.2 Å². The van der Waals surface area contributed by atoms with Gasteiger partial charge in [0.15, 0.2) is 9.84 Å². The third-order valence-corrected chi connectivity index (χ3v) is 7.30. The lowest BCUT2D eigenvalue weighted by molar-refractivity contribution is 0.156. The monoisotopic (exact) mass is 285 g/mol. The summed E-state index contributed by atoms with van der Waals surface area (Å²) in [6.45, 7) is 6.55. The van der Waals surface area contributed by atoms with Gasteiger partial charge in [-0.15, -0.1) is 0 Å². The van der Waals surface area contributed by atoms with Crippen LogP contribution >= 0.6 is 0 Å². The van der Waals surface area contributed by atoms with Crippen LogP contribution in [0.25, 0.3) is 0 Å². The lowest BCUT2D eigenvalue weighted by Crippen LogP contribution is -2.41. The molecular weight excluding hydrogens is 258 g/mol. The molecule has 1 heterocycles. The van der Waals surface area contributed by atoms with E-state index in [9.17, 15) is 8.42 Å². The van der Waals surface area contributed by atoms with E-state index in [1.807, 2.05) is 0 Å². The average molecular weight is 285 g/mol. The SMILES string of the molecule is CC(C)CNCC1(C2CCS(=O)(=O)C2)CC2CC2C1. The van der Waals surface area contributed by atoms with E-state index in [1.54, 1.807) is 0 Å². The van der Waals surface area contributed by atoms with Gasteiger partial charge in [-0.3, -0.25) is 0 Å². The van der Waals surface area contributed by atoms with E-state index in [1.165, 1.54) is 19.3 Å². The molecule has 110 valence electrons. The van der Waals surface area contributed by atoms with Crippen LogP contribution in [0.5, 0.6) is 0 Å². The van der Waals surface area contributed by atoms with Crippen LogP contribution in [0, 0.1) is 29.1 Å². The Bertz CT molecular complexity index is 433. The Morgan fingerprint density at radius 1 is 1.26 bits per heavy atom. The molecule has 0 spiro atoms. The van der Waals surface area contributed by atoms with Gasteiger partial charge in [-0.05, 0) is 61.3 Å². The van der Waals surface area contributed by atoms with Crippen LogP contribution in [-0.2, 0) is 9.84 Å². The Hall–Kier alpha value is -0.0900. The molecule has 3 atom stereocenters. The second kappa shape index (κ2) is 4.73. The van der Waals surface area contributed by atoms with E-state index < -0.39 is 9.84 Å². The first-order valence-corrected chi connectivity index (χ1v) is 9.63. The highest BCUT2D eigenvalue weighted by Crippen LogP contribution is 2.63. The van der Waals surface area contributed by atoms with Gasteiger partial charge in [-0.2, -0.15) is 0 Å². The second-order valence-corrected chi connectivity index (χ2v) is 9.88. The first-order chi connectivity index (χ1) is 8.90. The Morgan fingerprint density at radius 2 is 1.95 bits per heavy atom. The molecule has 0 radical (unpaired) electrons. The van der Waals surface area contributed by atoms with Crippen molar-refractivity contribution in [3.8, 4) is 0 Å². The van der Waals surface area contributed by atoms with E-state index in [0.717, 1.165) is 31.3 Å². The molecule has 0 bridgehead atoms. The summed E-state index contributed by atoms with van der Waals surface area (Å²) >= 11 is 0. The second-order valence-electron chi connectivity index (χ2n) is 7.65. The number of hydrogen-bond acceptors (Lipinski definition) is 3. The lowest BCUT2D eigenvalue weighted by Gasteiger charge is -2.37. The average Bonchev–Trinajstić information content (AvgIpc) is 2.75. The molecule has 3 aliphatic rings. The maximum Gasteiger partial charge on any atom is 0.150 e. The van der Waals surface area contributed by atoms with Crippen LogP contribution in [0.1, 0.15) is 39.5 Å². The first-order valence-electron chi connectivity index (χ1n) is 7.81. The van der Waals surface area contributed by atoms with Crippen LogP contribution in [0.15, 0.2) is 0 Å². The molecule has 2 saturated carbocycles. The standard InChI is InChI=1S/C15H27NO2S/c1-11(2)8-16-10-15(6-12-5-13(12)7-15)14-3-4-19(17,18)9-14/h11-14,16H,3-10H2,1-2H3. The first kappa shape index (κ1) is 13.9. The van der Waals surface area contributed by atoms with E-state index >= 15 is 0 Å². The van der Waals surface area contributed by atoms with Crippen LogP contribution in [0.3, 0.4) is 0 Å². The van der Waals surface area contributed by atoms with Gasteiger partial charge in [0, 0.05) is 6.54 Å². The predicted molar refractivity (Wildman–Crippen MR) is 77.7 cm³/mol. The molecule has 1 saturated heterocycles. The smallest absolute Gasteiger partial charge is 0.150 e. The highest BCUT2D eigenvalue weighted by molar-refractivity contribution is 7.91. The minimum absolute atomic E-state index is 0.298. The zero-order chi connectivity index (χ0) is 13.7. The largest absolute Gasteiger partial charge is 0.316 e. The van der Waals surface area contributed by atoms with Gasteiger partial charge < -0.3 is 5.32 Å². The van der Waals surface area contributed by atoms with Gasteiger partial charge >= 0.3 is 0 Å². The Labute approximate surface area is 117 Å². The van der Waals surface area contributed by atoms with Crippen molar-refractivity contribution in [2.75, 3.05) is 24.6 Å². The van der Waals surface area contributed by atoms with Crippen LogP contribution in [0.4, 0.5) is 0 Å². The third kappa shape index (κ3) is 2.85. The molecule has 0 aromatic carbocycles. The summed E-state index contributed by atoms with van der Waals surface area (Å²) in [4.78, 5) is 0. The number of hydrogen-bond donors (Lipinski definition) is 1. The fourth-order valence-corrected chi connectivity index (χ4v) is 6.39. The van der Waals surface area contributed by atoms with E-state index in [2.05, 4.69) is 19.2 Å². The van der Waals surface area contributed by atoms with E-state index in [-0.39, 0.29) is 0 Å². The zero-order valence-corrected chi connectivity index (χ0v) is 13.0. The van der Waals surface area contributed by atoms with Gasteiger partial charge in [0.2, 0.25) is 0 Å². The molecule has 0 aromatic rings. The number of nitrogens with one attached hydrogen (secondary N) is 1. The van der Waals surface area contributed by atoms with Crippen LogP contribution < -0.4 is 5.32 Å². The summed E-state index contributed by atoms with van der Waals surface area (Å²) in [6, 6.07) is 0. The number of fused-ring (bicyclic) bond motifs is 1. The Balaban J connectivity index is 1.67. The summed E-state index contributed by atoms with van der Waals surface area (Å²) in [6.07, 6.45) is 4.88. The number of sulfone groups is 1. The van der Waals surface area contributed by atoms with Gasteiger partial charge in [-0.1, -0.05) is 13.8 Å². The van der Waals surface area contributed by atoms with Gasteiger partial charge in [-0.25, -0.2) is 8.42 Å². The normalized spacial score (nSPS) is 43.6. The van der Waals surface area contributed by atoms with Crippen molar-refractivity contribution in [1.82, 2.24) is 5.32 Å². The van der Waals surface area contributed by atoms with Crippen LogP contribution in [0.2, 0.25) is 0 Å². The molecule has 1 N–H and O–H groups in total. The molecule has 3 unspecified atom stereocenters. The minimum atomic E-state index is -2.74. The summed E-state index contributed by atoms with van der Waals surface area (Å²) in [5, 5.41) is 3.62. The summed E-state index contributed by atoms with van der Waals surface area (Å²) in [7, 11) is -2.74. The molecular formula is C15H27NO2S. The summed E-state index contributed by atoms with van der Waals surface area (Å²) < 4.78 is 23.6. The molecule has 2 aliphatic carbocycles. The third-order valence-electron chi connectivity index (χ3n) is 5.53. The fourth-order valence-electron chi connectivity index (χ4n) is 4.45. The van der Waals surface area contributed by atoms with E-state index in [4.69, 9.17) is 0 Å². The summed E-state index contributed by atoms with van der Waals surface area (Å²) in [5.74, 6) is 3.81. The maximum absolute atomic E-state index is 11.8. The van der Waals surface area contributed by atoms with Crippen molar-refractivity contribution in [3.63, 3.8) is 0 Å². The maximum atomic E-state index is 11.8. The molecule has 0 amide bonds. The quantitative estimate of drug-likeness (QED) is 0.841. The minimum Gasteiger partial charge on any atom is -0.316 e. The Morgan fingerprint density at radius 3 is 2.47 bits per heavy atom. The lowest BCUT2D eigenvalue weighted by atomic mass is 9.71. The zero-order valence-electron chi connectivity index (χ0n) is 12.2. The van der Waals surface area contributed by atoms with Crippen molar-refractivity contribution >= 4 is 9.84 Å². The Kier molecular flexibility index (Phi) is 3.45. The molecule has 0 aromatic heterocycles. The predicted octanol–water partition coefficient (Wildman–Crippen LogP) is 2.08. The van der Waals surface area contributed by atoms with Crippen molar-refractivity contribution in [2.45, 2.75) is 39.5 Å². The molecule has 3 rings (SSSR count). The fraction of sp³-hybridized carbons (Fsp3) is 1.00. The highest BCUT2D eigenvalue weighted by Gasteiger charge is 2.57. The van der Waals surface area contributed by atoms with Crippen molar-refractivity contribution in [1.29, 1.82) is 0 Å². The molecule has 3 fully saturated rings. The molecule has 3 nitrogen and oxygen atoms in total. The van der Waals surface area contributed by atoms with Crippen molar-refractivity contribution in [3.05, 3.63) is 0 Å². The van der Waals surface area contributed by atoms with Gasteiger partial charge in [0.1, 0.15) is 0 Å². The van der Waals surface area contributed by atoms with Crippen molar-refractivity contribution < 1.29 is 8.42 Å².